The predicted molar refractivity (Wildman–Crippen MR) is 114 cm³/mol. The van der Waals surface area contributed by atoms with E-state index in [0.29, 0.717) is 28.4 Å². The van der Waals surface area contributed by atoms with Gasteiger partial charge in [-0.1, -0.05) is 35.3 Å². The summed E-state index contributed by atoms with van der Waals surface area (Å²) in [5.41, 5.74) is 1.97. The monoisotopic (exact) mass is 420 g/mol. The van der Waals surface area contributed by atoms with Gasteiger partial charge in [0.2, 0.25) is 0 Å². The second kappa shape index (κ2) is 8.91. The largest absolute Gasteiger partial charge is 0.493 e. The average Bonchev–Trinajstić information content (AvgIpc) is 2.73. The van der Waals surface area contributed by atoms with E-state index in [-0.39, 0.29) is 0 Å². The number of rotatable bonds is 7. The van der Waals surface area contributed by atoms with Gasteiger partial charge in [0, 0.05) is 34.7 Å². The molecule has 0 saturated carbocycles. The van der Waals surface area contributed by atoms with Crippen LogP contribution in [-0.2, 0) is 13.2 Å². The van der Waals surface area contributed by atoms with Crippen LogP contribution in [0.3, 0.4) is 0 Å². The van der Waals surface area contributed by atoms with Crippen LogP contribution in [0.4, 0.5) is 0 Å². The Balaban J connectivity index is 1.38. The topological polar surface area (TPSA) is 33.7 Å². The van der Waals surface area contributed by atoms with Gasteiger partial charge in [0.15, 0.2) is 11.5 Å². The Morgan fingerprint density at radius 1 is 1.07 bits per heavy atom. The maximum atomic E-state index is 6.23. The number of fused-ring (bicyclic) bond motifs is 3. The van der Waals surface area contributed by atoms with Crippen LogP contribution in [0.15, 0.2) is 36.4 Å². The third kappa shape index (κ3) is 4.41. The third-order valence-corrected chi connectivity index (χ3v) is 6.59. The van der Waals surface area contributed by atoms with E-state index < -0.39 is 0 Å². The number of nitrogens with zero attached hydrogens (tertiary/aromatic N) is 1. The Morgan fingerprint density at radius 2 is 1.82 bits per heavy atom. The van der Waals surface area contributed by atoms with E-state index in [1.54, 1.807) is 7.11 Å². The van der Waals surface area contributed by atoms with Crippen molar-refractivity contribution in [1.82, 2.24) is 10.2 Å². The summed E-state index contributed by atoms with van der Waals surface area (Å²) >= 11 is 12.5. The number of nitrogens with one attached hydrogen (secondary N) is 1. The summed E-state index contributed by atoms with van der Waals surface area (Å²) in [6, 6.07) is 12.1. The van der Waals surface area contributed by atoms with Crippen molar-refractivity contribution < 1.29 is 9.47 Å². The van der Waals surface area contributed by atoms with Crippen LogP contribution in [0, 0.1) is 5.92 Å². The van der Waals surface area contributed by atoms with Gasteiger partial charge in [-0.05, 0) is 61.7 Å². The van der Waals surface area contributed by atoms with Crippen LogP contribution in [-0.4, -0.2) is 37.7 Å². The summed E-state index contributed by atoms with van der Waals surface area (Å²) in [5.74, 6) is 2.22. The van der Waals surface area contributed by atoms with E-state index in [9.17, 15) is 0 Å². The molecule has 4 nitrogen and oxygen atoms in total. The molecule has 28 heavy (non-hydrogen) atoms. The molecule has 3 aliphatic heterocycles. The van der Waals surface area contributed by atoms with E-state index >= 15 is 0 Å². The first-order valence-corrected chi connectivity index (χ1v) is 10.6. The van der Waals surface area contributed by atoms with E-state index in [1.807, 2.05) is 30.3 Å². The molecule has 2 bridgehead atoms. The highest BCUT2D eigenvalue weighted by Gasteiger charge is 2.33. The molecule has 3 aliphatic rings. The summed E-state index contributed by atoms with van der Waals surface area (Å²) in [7, 11) is 1.66. The van der Waals surface area contributed by atoms with Crippen LogP contribution in [0.5, 0.6) is 11.5 Å². The summed E-state index contributed by atoms with van der Waals surface area (Å²) in [4.78, 5) is 2.56. The minimum Gasteiger partial charge on any atom is -0.493 e. The normalized spacial score (nSPS) is 23.6. The predicted octanol–water partition coefficient (Wildman–Crippen LogP) is 4.76. The smallest absolute Gasteiger partial charge is 0.161 e. The zero-order chi connectivity index (χ0) is 19.5. The molecule has 2 aromatic rings. The van der Waals surface area contributed by atoms with Crippen LogP contribution in [0.2, 0.25) is 10.0 Å². The second-order valence-corrected chi connectivity index (χ2v) is 8.41. The van der Waals surface area contributed by atoms with E-state index in [1.165, 1.54) is 38.0 Å². The van der Waals surface area contributed by atoms with Crippen molar-refractivity contribution >= 4 is 23.2 Å². The van der Waals surface area contributed by atoms with Gasteiger partial charge in [-0.25, -0.2) is 0 Å². The van der Waals surface area contributed by atoms with Crippen molar-refractivity contribution in [3.8, 4) is 11.5 Å². The fourth-order valence-corrected chi connectivity index (χ4v) is 4.71. The summed E-state index contributed by atoms with van der Waals surface area (Å²) < 4.78 is 11.5. The first kappa shape index (κ1) is 19.8. The lowest BCUT2D eigenvalue weighted by Crippen LogP contribution is -2.55. The van der Waals surface area contributed by atoms with Crippen molar-refractivity contribution in [2.45, 2.75) is 32.0 Å². The Kier molecular flexibility index (Phi) is 6.32. The minimum atomic E-state index is 0.298. The number of hydrogen-bond acceptors (Lipinski definition) is 4. The van der Waals surface area contributed by atoms with Gasteiger partial charge >= 0.3 is 0 Å². The maximum absolute atomic E-state index is 6.23. The van der Waals surface area contributed by atoms with Gasteiger partial charge in [-0.3, -0.25) is 0 Å². The Morgan fingerprint density at radius 3 is 2.46 bits per heavy atom. The molecule has 1 unspecified atom stereocenters. The first-order chi connectivity index (χ1) is 13.6. The lowest BCUT2D eigenvalue weighted by molar-refractivity contribution is 0.0720. The van der Waals surface area contributed by atoms with E-state index in [0.717, 1.165) is 23.8 Å². The lowest BCUT2D eigenvalue weighted by atomic mass is 9.84. The molecule has 0 aliphatic carbocycles. The third-order valence-electron chi connectivity index (χ3n) is 5.89. The molecule has 3 heterocycles. The van der Waals surface area contributed by atoms with Crippen LogP contribution in [0.1, 0.15) is 24.0 Å². The summed E-state index contributed by atoms with van der Waals surface area (Å²) in [5, 5.41) is 4.94. The van der Waals surface area contributed by atoms with Gasteiger partial charge < -0.3 is 19.7 Å². The molecule has 0 aromatic heterocycles. The Labute approximate surface area is 176 Å². The van der Waals surface area contributed by atoms with Gasteiger partial charge in [-0.15, -0.1) is 0 Å². The van der Waals surface area contributed by atoms with Gasteiger partial charge in [0.25, 0.3) is 0 Å². The van der Waals surface area contributed by atoms with Crippen molar-refractivity contribution in [2.75, 3.05) is 26.7 Å². The standard InChI is InChI=1S/C22H26Cl2N2O2/c1-27-22-11-15(12-25-20-13-26-9-7-16(20)8-10-26)5-6-21(22)28-14-17-18(23)3-2-4-19(17)24/h2-6,11,16,20,25H,7-10,12-14H2,1H3. The highest BCUT2D eigenvalue weighted by molar-refractivity contribution is 6.35. The molecule has 5 rings (SSSR count). The molecule has 0 amide bonds. The van der Waals surface area contributed by atoms with Crippen LogP contribution >= 0.6 is 23.2 Å². The molecule has 1 atom stereocenters. The quantitative estimate of drug-likeness (QED) is 0.699. The molecule has 0 spiro atoms. The lowest BCUT2D eigenvalue weighted by Gasteiger charge is -2.45. The molecule has 2 aromatic carbocycles. The SMILES string of the molecule is COc1cc(CNC2CN3CCC2CC3)ccc1OCc1c(Cl)cccc1Cl. The molecule has 3 saturated heterocycles. The number of methoxy groups -OCH3 is 1. The van der Waals surface area contributed by atoms with Crippen LogP contribution < -0.4 is 14.8 Å². The zero-order valence-electron chi connectivity index (χ0n) is 16.1. The Bertz CT molecular complexity index is 802. The van der Waals surface area contributed by atoms with Crippen molar-refractivity contribution in [1.29, 1.82) is 0 Å². The number of halogens is 2. The number of benzene rings is 2. The zero-order valence-corrected chi connectivity index (χ0v) is 17.6. The second-order valence-electron chi connectivity index (χ2n) is 7.60. The molecule has 0 radical (unpaired) electrons. The molecule has 6 heteroatoms. The highest BCUT2D eigenvalue weighted by atomic mass is 35.5. The Hall–Kier alpha value is -1.46. The fraction of sp³-hybridized carbons (Fsp3) is 0.455. The fourth-order valence-electron chi connectivity index (χ4n) is 4.21. The minimum absolute atomic E-state index is 0.298. The van der Waals surface area contributed by atoms with Gasteiger partial charge in [0.05, 0.1) is 7.11 Å². The molecule has 3 fully saturated rings. The van der Waals surface area contributed by atoms with Crippen molar-refractivity contribution in [3.63, 3.8) is 0 Å². The first-order valence-electron chi connectivity index (χ1n) is 9.82. The van der Waals surface area contributed by atoms with Gasteiger partial charge in [0.1, 0.15) is 6.61 Å². The number of piperidine rings is 3. The highest BCUT2D eigenvalue weighted by Crippen LogP contribution is 2.32. The van der Waals surface area contributed by atoms with E-state index in [2.05, 4.69) is 16.3 Å². The van der Waals surface area contributed by atoms with E-state index in [4.69, 9.17) is 32.7 Å². The van der Waals surface area contributed by atoms with Crippen LogP contribution in [0.25, 0.3) is 0 Å². The molecular weight excluding hydrogens is 395 g/mol. The summed E-state index contributed by atoms with van der Waals surface area (Å²) in [6.45, 7) is 4.83. The average molecular weight is 421 g/mol. The van der Waals surface area contributed by atoms with Gasteiger partial charge in [-0.2, -0.15) is 0 Å². The number of hydrogen-bond donors (Lipinski definition) is 1. The maximum Gasteiger partial charge on any atom is 0.161 e. The number of ether oxygens (including phenoxy) is 2. The molecular formula is C22H26Cl2N2O2. The van der Waals surface area contributed by atoms with Crippen molar-refractivity contribution in [3.05, 3.63) is 57.6 Å². The molecule has 150 valence electrons. The summed E-state index contributed by atoms with van der Waals surface area (Å²) in [6.07, 6.45) is 2.64. The molecule has 1 N–H and O–H groups in total. The van der Waals surface area contributed by atoms with Crippen molar-refractivity contribution in [2.24, 2.45) is 5.92 Å².